The van der Waals surface area contributed by atoms with Gasteiger partial charge in [0.1, 0.15) is 29.2 Å². The minimum absolute atomic E-state index is 0.237. The Hall–Kier alpha value is -3.94. The zero-order chi connectivity index (χ0) is 21.0. The number of nitrogens with zero attached hydrogens (tertiary/aromatic N) is 1. The summed E-state index contributed by atoms with van der Waals surface area (Å²) in [5.74, 6) is -0.177. The van der Waals surface area contributed by atoms with E-state index in [0.717, 1.165) is 0 Å². The smallest absolute Gasteiger partial charge is 0.248 e. The number of pyridine rings is 1. The van der Waals surface area contributed by atoms with Crippen molar-refractivity contribution in [2.75, 3.05) is 5.32 Å². The lowest BCUT2D eigenvalue weighted by Crippen LogP contribution is -2.32. The molecule has 3 rings (SSSR count). The Bertz CT molecular complexity index is 1040. The zero-order valence-corrected chi connectivity index (χ0v) is 15.6. The van der Waals surface area contributed by atoms with Gasteiger partial charge in [-0.2, -0.15) is 0 Å². The molecule has 1 heterocycles. The van der Waals surface area contributed by atoms with Crippen LogP contribution in [0.1, 0.15) is 17.3 Å². The molecule has 1 aromatic heterocycles. The van der Waals surface area contributed by atoms with Gasteiger partial charge in [0.15, 0.2) is 0 Å². The number of nitrogens with one attached hydrogen (secondary N) is 1. The number of carbonyl (C=O) groups is 2. The molecule has 29 heavy (non-hydrogen) atoms. The van der Waals surface area contributed by atoms with Gasteiger partial charge in [0.25, 0.3) is 0 Å². The van der Waals surface area contributed by atoms with Gasteiger partial charge >= 0.3 is 0 Å². The van der Waals surface area contributed by atoms with Crippen molar-refractivity contribution in [3.8, 4) is 22.8 Å². The van der Waals surface area contributed by atoms with Gasteiger partial charge in [0.05, 0.1) is 5.69 Å². The number of halogens is 1. The number of rotatable bonds is 7. The van der Waals surface area contributed by atoms with Crippen LogP contribution in [0.4, 0.5) is 10.2 Å². The van der Waals surface area contributed by atoms with Crippen molar-refractivity contribution >= 4 is 17.6 Å². The predicted molar refractivity (Wildman–Crippen MR) is 107 cm³/mol. The molecule has 7 nitrogen and oxygen atoms in total. The number of benzene rings is 2. The fourth-order valence-electron chi connectivity index (χ4n) is 2.52. The topological polar surface area (TPSA) is 120 Å². The lowest BCUT2D eigenvalue weighted by molar-refractivity contribution is -0.118. The Morgan fingerprint density at radius 2 is 1.59 bits per heavy atom. The predicted octanol–water partition coefficient (Wildman–Crippen LogP) is 3.06. The monoisotopic (exact) mass is 394 g/mol. The highest BCUT2D eigenvalue weighted by atomic mass is 19.1. The average Bonchev–Trinajstić information content (AvgIpc) is 2.70. The highest BCUT2D eigenvalue weighted by molar-refractivity contribution is 5.95. The van der Waals surface area contributed by atoms with Crippen LogP contribution in [0, 0.1) is 5.82 Å². The maximum absolute atomic E-state index is 13.0. The van der Waals surface area contributed by atoms with E-state index in [4.69, 9.17) is 16.2 Å². The largest absolute Gasteiger partial charge is 0.457 e. The van der Waals surface area contributed by atoms with E-state index in [0.29, 0.717) is 28.6 Å². The van der Waals surface area contributed by atoms with Crippen molar-refractivity contribution in [2.45, 2.75) is 13.0 Å². The Kier molecular flexibility index (Phi) is 5.73. The molecule has 0 aliphatic rings. The standard InChI is InChI=1S/C21H19FN4O3/c1-12(20(23)27)25-19-11-14(21(24)28)10-18(26-19)13-2-6-16(7-3-13)29-17-8-4-15(22)5-9-17/h2-12H,1H3,(H2,23,27)(H2,24,28)(H,25,26)/t12-/m0/s1. The molecule has 0 fully saturated rings. The molecule has 148 valence electrons. The van der Waals surface area contributed by atoms with Crippen LogP contribution >= 0.6 is 0 Å². The number of aromatic nitrogens is 1. The number of hydrogen-bond acceptors (Lipinski definition) is 5. The molecule has 1 atom stereocenters. The van der Waals surface area contributed by atoms with Gasteiger partial charge in [-0.3, -0.25) is 9.59 Å². The molecule has 3 aromatic rings. The summed E-state index contributed by atoms with van der Waals surface area (Å²) in [7, 11) is 0. The molecule has 0 spiro atoms. The second-order valence-electron chi connectivity index (χ2n) is 6.34. The minimum Gasteiger partial charge on any atom is -0.457 e. The summed E-state index contributed by atoms with van der Waals surface area (Å²) in [5, 5.41) is 2.85. The first-order valence-electron chi connectivity index (χ1n) is 8.73. The third-order valence-electron chi connectivity index (χ3n) is 4.10. The molecule has 0 saturated carbocycles. The van der Waals surface area contributed by atoms with E-state index < -0.39 is 17.9 Å². The van der Waals surface area contributed by atoms with E-state index in [1.807, 2.05) is 0 Å². The van der Waals surface area contributed by atoms with Crippen LogP contribution in [0.15, 0.2) is 60.7 Å². The maximum Gasteiger partial charge on any atom is 0.248 e. The third-order valence-corrected chi connectivity index (χ3v) is 4.10. The molecule has 5 N–H and O–H groups in total. The highest BCUT2D eigenvalue weighted by Gasteiger charge is 2.13. The molecular weight excluding hydrogens is 375 g/mol. The van der Waals surface area contributed by atoms with E-state index in [2.05, 4.69) is 10.3 Å². The summed E-state index contributed by atoms with van der Waals surface area (Å²) < 4.78 is 18.6. The van der Waals surface area contributed by atoms with Gasteiger partial charge in [0.2, 0.25) is 11.8 Å². The van der Waals surface area contributed by atoms with Gasteiger partial charge in [-0.25, -0.2) is 9.37 Å². The average molecular weight is 394 g/mol. The zero-order valence-electron chi connectivity index (χ0n) is 15.6. The number of nitrogens with two attached hydrogens (primary N) is 2. The van der Waals surface area contributed by atoms with E-state index >= 15 is 0 Å². The number of primary amides is 2. The van der Waals surface area contributed by atoms with Crippen molar-refractivity contribution in [3.05, 3.63) is 72.0 Å². The molecular formula is C21H19FN4O3. The number of hydrogen-bond donors (Lipinski definition) is 3. The van der Waals surface area contributed by atoms with Gasteiger partial charge < -0.3 is 21.5 Å². The second-order valence-corrected chi connectivity index (χ2v) is 6.34. The van der Waals surface area contributed by atoms with Crippen LogP contribution in [-0.2, 0) is 4.79 Å². The van der Waals surface area contributed by atoms with Gasteiger partial charge in [-0.1, -0.05) is 0 Å². The van der Waals surface area contributed by atoms with E-state index in [1.165, 1.54) is 30.3 Å². The van der Waals surface area contributed by atoms with Crippen molar-refractivity contribution in [2.24, 2.45) is 11.5 Å². The first kappa shape index (κ1) is 19.8. The van der Waals surface area contributed by atoms with E-state index in [-0.39, 0.29) is 11.4 Å². The highest BCUT2D eigenvalue weighted by Crippen LogP contribution is 2.26. The van der Waals surface area contributed by atoms with Crippen molar-refractivity contribution < 1.29 is 18.7 Å². The molecule has 0 bridgehead atoms. The number of carbonyl (C=O) groups excluding carboxylic acids is 2. The SMILES string of the molecule is C[C@H](Nc1cc(C(N)=O)cc(-c2ccc(Oc3ccc(F)cc3)cc2)n1)C(N)=O. The Labute approximate surface area is 166 Å². The van der Waals surface area contributed by atoms with Crippen LogP contribution in [0.25, 0.3) is 11.3 Å². The number of amides is 2. The number of anilines is 1. The van der Waals surface area contributed by atoms with Crippen LogP contribution in [0.3, 0.4) is 0 Å². The first-order chi connectivity index (χ1) is 13.8. The lowest BCUT2D eigenvalue weighted by Gasteiger charge is -2.13. The summed E-state index contributed by atoms with van der Waals surface area (Å²) >= 11 is 0. The summed E-state index contributed by atoms with van der Waals surface area (Å²) in [5.41, 5.74) is 12.1. The third kappa shape index (κ3) is 5.07. The normalized spacial score (nSPS) is 11.5. The van der Waals surface area contributed by atoms with Crippen LogP contribution in [0.5, 0.6) is 11.5 Å². The molecule has 0 aliphatic heterocycles. The molecule has 2 aromatic carbocycles. The van der Waals surface area contributed by atoms with Crippen molar-refractivity contribution in [1.29, 1.82) is 0 Å². The molecule has 2 amide bonds. The summed E-state index contributed by atoms with van der Waals surface area (Å²) in [4.78, 5) is 27.4. The van der Waals surface area contributed by atoms with Gasteiger partial charge in [-0.15, -0.1) is 0 Å². The Balaban J connectivity index is 1.86. The van der Waals surface area contributed by atoms with Gasteiger partial charge in [0, 0.05) is 11.1 Å². The molecule has 8 heteroatoms. The summed E-state index contributed by atoms with van der Waals surface area (Å²) in [6.45, 7) is 1.59. The van der Waals surface area contributed by atoms with Crippen LogP contribution in [-0.4, -0.2) is 22.8 Å². The number of ether oxygens (including phenoxy) is 1. The van der Waals surface area contributed by atoms with Crippen molar-refractivity contribution in [1.82, 2.24) is 4.98 Å². The maximum atomic E-state index is 13.0. The fraction of sp³-hybridized carbons (Fsp3) is 0.0952. The molecule has 0 saturated heterocycles. The van der Waals surface area contributed by atoms with Crippen molar-refractivity contribution in [3.63, 3.8) is 0 Å². The Morgan fingerprint density at radius 1 is 1.00 bits per heavy atom. The molecule has 0 radical (unpaired) electrons. The quantitative estimate of drug-likeness (QED) is 0.569. The van der Waals surface area contributed by atoms with Crippen LogP contribution in [0.2, 0.25) is 0 Å². The van der Waals surface area contributed by atoms with Crippen LogP contribution < -0.4 is 21.5 Å². The van der Waals surface area contributed by atoms with E-state index in [9.17, 15) is 14.0 Å². The first-order valence-corrected chi connectivity index (χ1v) is 8.73. The lowest BCUT2D eigenvalue weighted by atomic mass is 10.1. The van der Waals surface area contributed by atoms with E-state index in [1.54, 1.807) is 37.3 Å². The molecule has 0 aliphatic carbocycles. The summed E-state index contributed by atoms with van der Waals surface area (Å²) in [6.07, 6.45) is 0. The molecule has 0 unspecified atom stereocenters. The second kappa shape index (κ2) is 8.39. The Morgan fingerprint density at radius 3 is 2.14 bits per heavy atom. The van der Waals surface area contributed by atoms with Gasteiger partial charge in [-0.05, 0) is 67.6 Å². The minimum atomic E-state index is -0.676. The summed E-state index contributed by atoms with van der Waals surface area (Å²) in [6, 6.07) is 15.0. The fourth-order valence-corrected chi connectivity index (χ4v) is 2.52.